The molecule has 2 rings (SSSR count). The number of carbonyl (C=O) groups excluding carboxylic acids is 1. The lowest BCUT2D eigenvalue weighted by Gasteiger charge is -2.19. The van der Waals surface area contributed by atoms with Gasteiger partial charge in [0, 0.05) is 12.1 Å². The van der Waals surface area contributed by atoms with Gasteiger partial charge in [0.1, 0.15) is 6.26 Å². The van der Waals surface area contributed by atoms with Crippen molar-refractivity contribution >= 4 is 11.8 Å². The van der Waals surface area contributed by atoms with Gasteiger partial charge in [0.15, 0.2) is 5.82 Å². The summed E-state index contributed by atoms with van der Waals surface area (Å²) in [6, 6.07) is 1.73. The van der Waals surface area contributed by atoms with Crippen molar-refractivity contribution in [3.05, 3.63) is 12.3 Å². The molecular weight excluding hydrogens is 266 g/mol. The number of aromatic nitrogens is 1. The van der Waals surface area contributed by atoms with Crippen LogP contribution in [0.15, 0.2) is 16.9 Å². The molecule has 118 valence electrons. The van der Waals surface area contributed by atoms with Crippen LogP contribution in [0.3, 0.4) is 0 Å². The molecule has 1 heterocycles. The zero-order valence-electron chi connectivity index (χ0n) is 12.8. The summed E-state index contributed by atoms with van der Waals surface area (Å²) in [6.07, 6.45) is 15.4. The quantitative estimate of drug-likeness (QED) is 0.845. The molecule has 0 aromatic carbocycles. The topological polar surface area (TPSA) is 67.2 Å². The second-order valence-electron chi connectivity index (χ2n) is 5.94. The molecule has 1 fully saturated rings. The van der Waals surface area contributed by atoms with E-state index in [-0.39, 0.29) is 12.1 Å². The molecule has 2 amide bonds. The van der Waals surface area contributed by atoms with Crippen LogP contribution >= 0.6 is 0 Å². The number of hydrogen-bond donors (Lipinski definition) is 2. The van der Waals surface area contributed by atoms with E-state index >= 15 is 0 Å². The molecule has 5 nitrogen and oxygen atoms in total. The summed E-state index contributed by atoms with van der Waals surface area (Å²) in [5.41, 5.74) is 0. The van der Waals surface area contributed by atoms with Crippen molar-refractivity contribution in [1.82, 2.24) is 10.5 Å². The molecule has 0 aliphatic heterocycles. The first-order valence-corrected chi connectivity index (χ1v) is 8.32. The fourth-order valence-corrected chi connectivity index (χ4v) is 2.92. The van der Waals surface area contributed by atoms with Crippen molar-refractivity contribution in [2.45, 2.75) is 76.7 Å². The molecule has 5 heteroatoms. The van der Waals surface area contributed by atoms with E-state index in [0.717, 1.165) is 12.8 Å². The van der Waals surface area contributed by atoms with Crippen molar-refractivity contribution in [3.63, 3.8) is 0 Å². The Bertz CT molecular complexity index is 380. The van der Waals surface area contributed by atoms with Crippen LogP contribution in [0, 0.1) is 0 Å². The number of urea groups is 1. The van der Waals surface area contributed by atoms with Crippen LogP contribution in [0.5, 0.6) is 0 Å². The summed E-state index contributed by atoms with van der Waals surface area (Å²) in [7, 11) is 0. The third kappa shape index (κ3) is 6.65. The number of anilines is 1. The van der Waals surface area contributed by atoms with Crippen molar-refractivity contribution in [3.8, 4) is 0 Å². The lowest BCUT2D eigenvalue weighted by atomic mass is 9.98. The minimum Gasteiger partial charge on any atom is -0.363 e. The van der Waals surface area contributed by atoms with Gasteiger partial charge >= 0.3 is 6.03 Å². The minimum atomic E-state index is -0.180. The molecule has 1 aliphatic carbocycles. The van der Waals surface area contributed by atoms with E-state index in [0.29, 0.717) is 5.82 Å². The zero-order chi connectivity index (χ0) is 14.8. The average molecular weight is 293 g/mol. The van der Waals surface area contributed by atoms with Gasteiger partial charge in [-0.15, -0.1) is 0 Å². The minimum absolute atomic E-state index is 0.180. The van der Waals surface area contributed by atoms with Gasteiger partial charge in [0.05, 0.1) is 0 Å². The fraction of sp³-hybridized carbons (Fsp3) is 0.750. The summed E-state index contributed by atoms with van der Waals surface area (Å²) in [4.78, 5) is 11.9. The highest BCUT2D eigenvalue weighted by Gasteiger charge is 2.13. The summed E-state index contributed by atoms with van der Waals surface area (Å²) in [5.74, 6) is 0.459. The Labute approximate surface area is 126 Å². The van der Waals surface area contributed by atoms with Crippen LogP contribution in [0.1, 0.15) is 70.6 Å². The largest absolute Gasteiger partial charge is 0.363 e. The molecule has 1 saturated carbocycles. The number of carbonyl (C=O) groups is 1. The van der Waals surface area contributed by atoms with Crippen molar-refractivity contribution in [2.75, 3.05) is 5.32 Å². The van der Waals surface area contributed by atoms with E-state index in [1.54, 1.807) is 6.07 Å². The molecule has 0 spiro atoms. The monoisotopic (exact) mass is 293 g/mol. The number of nitrogens with zero attached hydrogens (tertiary/aromatic N) is 1. The molecular formula is C16H27N3O2. The lowest BCUT2D eigenvalue weighted by Crippen LogP contribution is -2.38. The van der Waals surface area contributed by atoms with E-state index < -0.39 is 0 Å². The van der Waals surface area contributed by atoms with Crippen LogP contribution in [-0.4, -0.2) is 17.2 Å². The lowest BCUT2D eigenvalue weighted by molar-refractivity contribution is 0.245. The molecule has 0 radical (unpaired) electrons. The van der Waals surface area contributed by atoms with Gasteiger partial charge in [-0.3, -0.25) is 5.32 Å². The van der Waals surface area contributed by atoms with Crippen LogP contribution in [0.2, 0.25) is 0 Å². The smallest absolute Gasteiger partial charge is 0.320 e. The number of amides is 2. The second-order valence-corrected chi connectivity index (χ2v) is 5.94. The first-order valence-electron chi connectivity index (χ1n) is 8.32. The predicted molar refractivity (Wildman–Crippen MR) is 83.2 cm³/mol. The molecule has 1 aromatic heterocycles. The van der Waals surface area contributed by atoms with Gasteiger partial charge in [0.2, 0.25) is 0 Å². The highest BCUT2D eigenvalue weighted by Crippen LogP contribution is 2.17. The Kier molecular flexibility index (Phi) is 7.12. The Hall–Kier alpha value is -1.52. The maximum absolute atomic E-state index is 11.9. The highest BCUT2D eigenvalue weighted by molar-refractivity contribution is 5.88. The summed E-state index contributed by atoms with van der Waals surface area (Å²) >= 11 is 0. The SMILES string of the molecule is O=C(Nc1ccon1)NC1CCCCCCCCCCC1. The predicted octanol–water partition coefficient (Wildman–Crippen LogP) is 4.47. The van der Waals surface area contributed by atoms with Gasteiger partial charge < -0.3 is 9.84 Å². The second kappa shape index (κ2) is 9.42. The van der Waals surface area contributed by atoms with Gasteiger partial charge in [-0.25, -0.2) is 4.79 Å². The van der Waals surface area contributed by atoms with Gasteiger partial charge in [-0.05, 0) is 12.8 Å². The fourth-order valence-electron chi connectivity index (χ4n) is 2.92. The first kappa shape index (κ1) is 15.9. The molecule has 2 N–H and O–H groups in total. The van der Waals surface area contributed by atoms with Crippen LogP contribution < -0.4 is 10.6 Å². The first-order chi connectivity index (χ1) is 10.3. The number of hydrogen-bond acceptors (Lipinski definition) is 3. The van der Waals surface area contributed by atoms with Crippen molar-refractivity contribution in [2.24, 2.45) is 0 Å². The van der Waals surface area contributed by atoms with E-state index in [2.05, 4.69) is 15.8 Å². The third-order valence-electron chi connectivity index (χ3n) is 4.12. The normalized spacial score (nSPS) is 19.2. The van der Waals surface area contributed by atoms with Gasteiger partial charge in [0.25, 0.3) is 0 Å². The molecule has 0 atom stereocenters. The maximum Gasteiger partial charge on any atom is 0.320 e. The molecule has 21 heavy (non-hydrogen) atoms. The molecule has 1 aliphatic rings. The number of rotatable bonds is 2. The van der Waals surface area contributed by atoms with E-state index in [9.17, 15) is 4.79 Å². The molecule has 0 bridgehead atoms. The Morgan fingerprint density at radius 2 is 1.57 bits per heavy atom. The van der Waals surface area contributed by atoms with Crippen molar-refractivity contribution < 1.29 is 9.32 Å². The van der Waals surface area contributed by atoms with Crippen molar-refractivity contribution in [1.29, 1.82) is 0 Å². The van der Waals surface area contributed by atoms with Gasteiger partial charge in [-0.2, -0.15) is 0 Å². The Morgan fingerprint density at radius 3 is 2.10 bits per heavy atom. The zero-order valence-corrected chi connectivity index (χ0v) is 12.8. The highest BCUT2D eigenvalue weighted by atomic mass is 16.5. The van der Waals surface area contributed by atoms with E-state index in [4.69, 9.17) is 4.52 Å². The molecule has 1 aromatic rings. The maximum atomic E-state index is 11.9. The summed E-state index contributed by atoms with van der Waals surface area (Å²) in [5, 5.41) is 9.46. The van der Waals surface area contributed by atoms with Crippen LogP contribution in [0.25, 0.3) is 0 Å². The Balaban J connectivity index is 1.75. The average Bonchev–Trinajstić information content (AvgIpc) is 2.94. The summed E-state index contributed by atoms with van der Waals surface area (Å²) < 4.78 is 4.71. The van der Waals surface area contributed by atoms with Gasteiger partial charge in [-0.1, -0.05) is 62.9 Å². The molecule has 0 saturated heterocycles. The van der Waals surface area contributed by atoms with E-state index in [1.807, 2.05) is 0 Å². The third-order valence-corrected chi connectivity index (χ3v) is 4.12. The number of nitrogens with one attached hydrogen (secondary N) is 2. The van der Waals surface area contributed by atoms with Crippen LogP contribution in [0.4, 0.5) is 10.6 Å². The standard InChI is InChI=1S/C16H27N3O2/c20-16(18-15-12-13-21-19-15)17-14-10-8-6-4-2-1-3-5-7-9-11-14/h12-14H,1-11H2,(H2,17,18,19,20). The van der Waals surface area contributed by atoms with E-state index in [1.165, 1.54) is 64.1 Å². The van der Waals surface area contributed by atoms with Crippen LogP contribution in [-0.2, 0) is 0 Å². The summed E-state index contributed by atoms with van der Waals surface area (Å²) in [6.45, 7) is 0. The Morgan fingerprint density at radius 1 is 1.00 bits per heavy atom. The molecule has 0 unspecified atom stereocenters.